The summed E-state index contributed by atoms with van der Waals surface area (Å²) < 4.78 is 6.75. The number of aromatic amines is 1. The van der Waals surface area contributed by atoms with Gasteiger partial charge < -0.3 is 9.72 Å². The molecular formula is C13H10Br2N2O2S. The molecule has 0 amide bonds. The second-order valence-electron chi connectivity index (χ2n) is 4.04. The highest BCUT2D eigenvalue weighted by Crippen LogP contribution is 2.26. The van der Waals surface area contributed by atoms with Crippen LogP contribution in [0.1, 0.15) is 16.1 Å². The summed E-state index contributed by atoms with van der Waals surface area (Å²) in [6, 6.07) is 5.75. The summed E-state index contributed by atoms with van der Waals surface area (Å²) in [5, 5.41) is 0. The lowest BCUT2D eigenvalue weighted by Gasteiger charge is -2.08. The first-order chi connectivity index (χ1) is 9.42. The molecule has 20 heavy (non-hydrogen) atoms. The van der Waals surface area contributed by atoms with E-state index in [1.54, 1.807) is 6.92 Å². The predicted octanol–water partition coefficient (Wildman–Crippen LogP) is 4.43. The Morgan fingerprint density at radius 3 is 2.40 bits per heavy atom. The third-order valence-electron chi connectivity index (χ3n) is 2.63. The van der Waals surface area contributed by atoms with Crippen LogP contribution in [0.5, 0.6) is 0 Å². The van der Waals surface area contributed by atoms with Gasteiger partial charge in [0.15, 0.2) is 0 Å². The second kappa shape index (κ2) is 6.15. The number of hydrogen-bond acceptors (Lipinski definition) is 4. The molecule has 104 valence electrons. The van der Waals surface area contributed by atoms with E-state index in [0.29, 0.717) is 17.1 Å². The van der Waals surface area contributed by atoms with Gasteiger partial charge in [0.2, 0.25) is 0 Å². The van der Waals surface area contributed by atoms with Crippen LogP contribution in [-0.4, -0.2) is 23.0 Å². The van der Waals surface area contributed by atoms with Crippen molar-refractivity contribution in [1.29, 1.82) is 0 Å². The topological polar surface area (TPSA) is 55.0 Å². The van der Waals surface area contributed by atoms with E-state index in [1.165, 1.54) is 7.11 Å². The summed E-state index contributed by atoms with van der Waals surface area (Å²) in [5.41, 5.74) is 1.78. The van der Waals surface area contributed by atoms with Crippen molar-refractivity contribution in [3.63, 3.8) is 0 Å². The SMILES string of the molecule is COC(=O)c1c(C)[nH]c(-c2cc(Br)cc(Br)c2)nc1=S. The quantitative estimate of drug-likeness (QED) is 0.580. The van der Waals surface area contributed by atoms with Crippen molar-refractivity contribution in [1.82, 2.24) is 9.97 Å². The molecule has 0 spiro atoms. The molecule has 0 aliphatic carbocycles. The molecule has 2 rings (SSSR count). The van der Waals surface area contributed by atoms with Gasteiger partial charge in [0.1, 0.15) is 16.0 Å². The van der Waals surface area contributed by atoms with E-state index in [4.69, 9.17) is 17.0 Å². The smallest absolute Gasteiger partial charge is 0.342 e. The number of hydrogen-bond donors (Lipinski definition) is 1. The predicted molar refractivity (Wildman–Crippen MR) is 86.3 cm³/mol. The number of benzene rings is 1. The van der Waals surface area contributed by atoms with Crippen molar-refractivity contribution >= 4 is 50.0 Å². The number of carbonyl (C=O) groups is 1. The standard InChI is InChI=1S/C13H10Br2N2O2S/c1-6-10(13(18)19-2)12(20)17-11(16-6)7-3-8(14)5-9(15)4-7/h3-5H,1-2H3,(H,16,17,20). The summed E-state index contributed by atoms with van der Waals surface area (Å²) in [6.07, 6.45) is 0. The first-order valence-corrected chi connectivity index (χ1v) is 7.57. The minimum absolute atomic E-state index is 0.221. The van der Waals surface area contributed by atoms with Gasteiger partial charge in [-0.15, -0.1) is 0 Å². The van der Waals surface area contributed by atoms with Gasteiger partial charge in [-0.2, -0.15) is 0 Å². The van der Waals surface area contributed by atoms with Crippen LogP contribution < -0.4 is 0 Å². The van der Waals surface area contributed by atoms with Crippen LogP contribution >= 0.6 is 44.1 Å². The Hall–Kier alpha value is -1.05. The molecule has 1 heterocycles. The maximum atomic E-state index is 11.6. The second-order valence-corrected chi connectivity index (χ2v) is 6.26. The van der Waals surface area contributed by atoms with Crippen LogP contribution in [0, 0.1) is 11.6 Å². The van der Waals surface area contributed by atoms with E-state index in [1.807, 2.05) is 18.2 Å². The molecule has 0 aliphatic heterocycles. The number of nitrogens with zero attached hydrogens (tertiary/aromatic N) is 1. The molecule has 1 N–H and O–H groups in total. The summed E-state index contributed by atoms with van der Waals surface area (Å²) in [4.78, 5) is 19.0. The fraction of sp³-hybridized carbons (Fsp3) is 0.154. The number of carbonyl (C=O) groups excluding carboxylic acids is 1. The Balaban J connectivity index is 2.61. The highest BCUT2D eigenvalue weighted by Gasteiger charge is 2.15. The number of methoxy groups -OCH3 is 1. The van der Waals surface area contributed by atoms with E-state index in [0.717, 1.165) is 14.5 Å². The summed E-state index contributed by atoms with van der Waals surface area (Å²) >= 11 is 12.0. The average Bonchev–Trinajstić information content (AvgIpc) is 2.36. The lowest BCUT2D eigenvalue weighted by molar-refractivity contribution is 0.0598. The van der Waals surface area contributed by atoms with Gasteiger partial charge in [-0.05, 0) is 25.1 Å². The van der Waals surface area contributed by atoms with E-state index < -0.39 is 5.97 Å². The maximum Gasteiger partial charge on any atom is 0.342 e. The van der Waals surface area contributed by atoms with Crippen molar-refractivity contribution < 1.29 is 9.53 Å². The van der Waals surface area contributed by atoms with Gasteiger partial charge in [-0.25, -0.2) is 9.78 Å². The van der Waals surface area contributed by atoms with Gasteiger partial charge in [-0.1, -0.05) is 44.1 Å². The lowest BCUT2D eigenvalue weighted by atomic mass is 10.2. The molecular weight excluding hydrogens is 408 g/mol. The first-order valence-electron chi connectivity index (χ1n) is 5.58. The zero-order valence-electron chi connectivity index (χ0n) is 10.7. The van der Waals surface area contributed by atoms with E-state index in [2.05, 4.69) is 41.8 Å². The number of halogens is 2. The molecule has 0 bridgehead atoms. The minimum atomic E-state index is -0.488. The molecule has 0 radical (unpaired) electrons. The molecule has 0 fully saturated rings. The molecule has 0 saturated heterocycles. The van der Waals surface area contributed by atoms with Crippen molar-refractivity contribution in [3.05, 3.63) is 43.0 Å². The zero-order chi connectivity index (χ0) is 14.9. The average molecular weight is 418 g/mol. The Morgan fingerprint density at radius 2 is 1.90 bits per heavy atom. The number of esters is 1. The number of rotatable bonds is 2. The van der Waals surface area contributed by atoms with E-state index in [9.17, 15) is 4.79 Å². The largest absolute Gasteiger partial charge is 0.465 e. The van der Waals surface area contributed by atoms with Crippen molar-refractivity contribution in [3.8, 4) is 11.4 Å². The van der Waals surface area contributed by atoms with Crippen LogP contribution in [0.4, 0.5) is 0 Å². The minimum Gasteiger partial charge on any atom is -0.465 e. The van der Waals surface area contributed by atoms with Crippen LogP contribution in [0.15, 0.2) is 27.1 Å². The third-order valence-corrected chi connectivity index (χ3v) is 3.84. The highest BCUT2D eigenvalue weighted by molar-refractivity contribution is 9.11. The molecule has 4 nitrogen and oxygen atoms in total. The molecule has 0 atom stereocenters. The summed E-state index contributed by atoms with van der Waals surface area (Å²) in [6.45, 7) is 1.76. The van der Waals surface area contributed by atoms with E-state index in [-0.39, 0.29) is 4.64 Å². The molecule has 0 aliphatic rings. The number of aryl methyl sites for hydroxylation is 1. The molecule has 0 unspecified atom stereocenters. The fourth-order valence-corrected chi connectivity index (χ4v) is 3.38. The van der Waals surface area contributed by atoms with Crippen LogP contribution in [0.25, 0.3) is 11.4 Å². The molecule has 1 aromatic carbocycles. The van der Waals surface area contributed by atoms with Gasteiger partial charge in [0.05, 0.1) is 7.11 Å². The third kappa shape index (κ3) is 3.16. The molecule has 0 saturated carbocycles. The highest BCUT2D eigenvalue weighted by atomic mass is 79.9. The van der Waals surface area contributed by atoms with Crippen molar-refractivity contribution in [2.75, 3.05) is 7.11 Å². The van der Waals surface area contributed by atoms with Gasteiger partial charge >= 0.3 is 5.97 Å². The number of aromatic nitrogens is 2. The Labute approximate surface area is 137 Å². The zero-order valence-corrected chi connectivity index (χ0v) is 14.6. The first kappa shape index (κ1) is 15.3. The summed E-state index contributed by atoms with van der Waals surface area (Å²) in [5.74, 6) is 0.111. The number of ether oxygens (including phenoxy) is 1. The maximum absolute atomic E-state index is 11.6. The van der Waals surface area contributed by atoms with Crippen LogP contribution in [0.3, 0.4) is 0 Å². The van der Waals surface area contributed by atoms with Gasteiger partial charge in [0.25, 0.3) is 0 Å². The molecule has 7 heteroatoms. The number of H-pyrrole nitrogens is 1. The van der Waals surface area contributed by atoms with Crippen LogP contribution in [-0.2, 0) is 4.74 Å². The number of nitrogens with one attached hydrogen (secondary N) is 1. The van der Waals surface area contributed by atoms with Crippen molar-refractivity contribution in [2.24, 2.45) is 0 Å². The van der Waals surface area contributed by atoms with Crippen molar-refractivity contribution in [2.45, 2.75) is 6.92 Å². The fourth-order valence-electron chi connectivity index (χ4n) is 1.76. The Morgan fingerprint density at radius 1 is 1.30 bits per heavy atom. The summed E-state index contributed by atoms with van der Waals surface area (Å²) in [7, 11) is 1.32. The Kier molecular flexibility index (Phi) is 4.72. The normalized spacial score (nSPS) is 10.4. The van der Waals surface area contributed by atoms with E-state index >= 15 is 0 Å². The monoisotopic (exact) mass is 416 g/mol. The van der Waals surface area contributed by atoms with Gasteiger partial charge in [-0.3, -0.25) is 0 Å². The Bertz CT molecular complexity index is 723. The lowest BCUT2D eigenvalue weighted by Crippen LogP contribution is -2.08. The molecule has 2 aromatic rings. The molecule has 1 aromatic heterocycles. The van der Waals surface area contributed by atoms with Gasteiger partial charge in [0, 0.05) is 20.2 Å². The van der Waals surface area contributed by atoms with Crippen LogP contribution in [0.2, 0.25) is 0 Å².